The third kappa shape index (κ3) is 9.21. The van der Waals surface area contributed by atoms with Gasteiger partial charge in [-0.15, -0.1) is 0 Å². The molecule has 6 heavy (non-hydrogen) atoms. The van der Waals surface area contributed by atoms with Crippen LogP contribution in [-0.4, -0.2) is 7.05 Å². The number of nitrogens with one attached hydrogen (secondary N) is 1. The Morgan fingerprint density at radius 2 is 1.67 bits per heavy atom. The first kappa shape index (κ1) is 10.7. The van der Waals surface area contributed by atoms with Crippen molar-refractivity contribution in [2.45, 2.75) is 0 Å². The van der Waals surface area contributed by atoms with Gasteiger partial charge in [-0.1, -0.05) is 0 Å². The molecule has 0 spiro atoms. The maximum Gasteiger partial charge on any atom is 1.00 e. The van der Waals surface area contributed by atoms with Crippen molar-refractivity contribution in [2.75, 3.05) is 7.05 Å². The molecule has 0 aromatic rings. The van der Waals surface area contributed by atoms with Gasteiger partial charge in [-0.25, -0.2) is 0 Å². The summed E-state index contributed by atoms with van der Waals surface area (Å²) in [6, 6.07) is 0. The molecule has 5 heteroatoms. The van der Waals surface area contributed by atoms with Crippen LogP contribution >= 0.6 is 0 Å². The molecule has 0 fully saturated rings. The van der Waals surface area contributed by atoms with Crippen molar-refractivity contribution in [1.29, 1.82) is 0 Å². The van der Waals surface area contributed by atoms with E-state index in [1.165, 1.54) is 7.05 Å². The first-order valence-corrected chi connectivity index (χ1v) is 2.11. The molecule has 1 N–H and O–H groups in total. The van der Waals surface area contributed by atoms with Crippen LogP contribution in [0.1, 0.15) is 0 Å². The van der Waals surface area contributed by atoms with Gasteiger partial charge in [0, 0.05) is 0 Å². The minimum Gasteiger partial charge on any atom is -0.409 e. The molecule has 0 heterocycles. The first-order chi connectivity index (χ1) is 2.27. The summed E-state index contributed by atoms with van der Waals surface area (Å²) in [7, 11) is -0.736. The summed E-state index contributed by atoms with van der Waals surface area (Å²) in [6.07, 6.45) is 0. The van der Waals surface area contributed by atoms with E-state index in [0.717, 1.165) is 0 Å². The molecule has 0 unspecified atom stereocenters. The van der Waals surface area contributed by atoms with Crippen LogP contribution in [0.4, 0.5) is 0 Å². The van der Waals surface area contributed by atoms with Crippen molar-refractivity contribution in [2.24, 2.45) is 0 Å². The van der Waals surface area contributed by atoms with E-state index in [2.05, 4.69) is 0 Å². The van der Waals surface area contributed by atoms with E-state index in [-0.39, 0.29) is 58.2 Å². The largest absolute Gasteiger partial charge is 1.00 e. The first-order valence-electron chi connectivity index (χ1n) is 1.04. The summed E-state index contributed by atoms with van der Waals surface area (Å²) in [6.45, 7) is 0. The van der Waals surface area contributed by atoms with Crippen LogP contribution in [0.2, 0.25) is 0 Å². The van der Waals surface area contributed by atoms with Gasteiger partial charge in [0.05, 0.1) is 0 Å². The average Bonchev–Trinajstić information content (AvgIpc) is 1.38. The molecule has 0 saturated carbocycles. The van der Waals surface area contributed by atoms with E-state index >= 15 is 0 Å². The molecule has 0 aromatic carbocycles. The molecule has 32 valence electrons. The number of hydrogen-bond acceptors (Lipinski definition) is 3. The Morgan fingerprint density at radius 1 is 1.50 bits per heavy atom. The van der Waals surface area contributed by atoms with Gasteiger partial charge in [-0.3, -0.25) is 0 Å². The zero-order valence-corrected chi connectivity index (χ0v) is 9.46. The van der Waals surface area contributed by atoms with Crippen LogP contribution in [0.5, 0.6) is 0 Å². The molecular weight excluding hydrogens is 176 g/mol. The van der Waals surface area contributed by atoms with Crippen molar-refractivity contribution in [3.05, 3.63) is 0 Å². The number of hydrogen-bond donors (Lipinski definition) is 1. The summed E-state index contributed by atoms with van der Waals surface area (Å²) in [5.41, 5.74) is 0. The van der Waals surface area contributed by atoms with Crippen molar-refractivity contribution in [1.82, 2.24) is 4.72 Å². The summed E-state index contributed by atoms with van der Waals surface area (Å²) in [5, 5.41) is 0. The predicted octanol–water partition coefficient (Wildman–Crippen LogP) is -3.57. The molecular formula is CH4NO2RbS. The Labute approximate surface area is 87.4 Å². The van der Waals surface area contributed by atoms with Gasteiger partial charge in [0.1, 0.15) is 0 Å². The van der Waals surface area contributed by atoms with Crippen LogP contribution in [0.3, 0.4) is 0 Å². The maximum absolute atomic E-state index is 9.26. The molecule has 3 nitrogen and oxygen atoms in total. The molecule has 0 bridgehead atoms. The van der Waals surface area contributed by atoms with E-state index in [1.807, 2.05) is 4.72 Å². The second kappa shape index (κ2) is 6.72. The quantitative estimate of drug-likeness (QED) is 0.424. The SMILES string of the molecule is CN[S-](=O)=O.[Rb+]. The number of rotatable bonds is 1. The zero-order valence-electron chi connectivity index (χ0n) is 3.72. The molecule has 0 amide bonds. The molecule has 0 aliphatic heterocycles. The fraction of sp³-hybridized carbons (Fsp3) is 1.00. The van der Waals surface area contributed by atoms with Gasteiger partial charge >= 0.3 is 58.2 Å². The van der Waals surface area contributed by atoms with Gasteiger partial charge in [-0.2, -0.15) is 0 Å². The van der Waals surface area contributed by atoms with Crippen molar-refractivity contribution >= 4 is 10.9 Å². The summed E-state index contributed by atoms with van der Waals surface area (Å²) < 4.78 is 20.5. The Hall–Kier alpha value is 1.72. The van der Waals surface area contributed by atoms with E-state index in [0.29, 0.717) is 0 Å². The van der Waals surface area contributed by atoms with Crippen molar-refractivity contribution < 1.29 is 66.6 Å². The Bertz CT molecular complexity index is 71.6. The van der Waals surface area contributed by atoms with Crippen LogP contribution in [0, 0.1) is 0 Å². The van der Waals surface area contributed by atoms with E-state index in [1.54, 1.807) is 0 Å². The predicted molar refractivity (Wildman–Crippen MR) is 17.8 cm³/mol. The fourth-order valence-electron chi connectivity index (χ4n) is 0. The van der Waals surface area contributed by atoms with Gasteiger partial charge in [0.25, 0.3) is 0 Å². The Balaban J connectivity index is 0. The summed E-state index contributed by atoms with van der Waals surface area (Å²) in [4.78, 5) is 0. The van der Waals surface area contributed by atoms with Crippen LogP contribution < -0.4 is 62.9 Å². The van der Waals surface area contributed by atoms with Gasteiger partial charge in [0.2, 0.25) is 0 Å². The topological polar surface area (TPSA) is 46.2 Å². The summed E-state index contributed by atoms with van der Waals surface area (Å²) in [5.74, 6) is 0. The van der Waals surface area contributed by atoms with E-state index < -0.39 is 10.9 Å². The third-order valence-corrected chi connectivity index (χ3v) is 0.500. The van der Waals surface area contributed by atoms with Gasteiger partial charge in [0.15, 0.2) is 0 Å². The molecule has 0 aromatic heterocycles. The van der Waals surface area contributed by atoms with E-state index in [4.69, 9.17) is 0 Å². The van der Waals surface area contributed by atoms with Gasteiger partial charge in [-0.05, 0) is 17.9 Å². The molecule has 0 aliphatic carbocycles. The fourth-order valence-corrected chi connectivity index (χ4v) is 0. The molecule has 0 aliphatic rings. The normalized spacial score (nSPS) is 7.67. The van der Waals surface area contributed by atoms with Crippen LogP contribution in [-0.2, 0) is 19.3 Å². The monoisotopic (exact) mass is 179 g/mol. The van der Waals surface area contributed by atoms with Crippen molar-refractivity contribution in [3.8, 4) is 0 Å². The third-order valence-electron chi connectivity index (χ3n) is 0.167. The molecule has 0 rings (SSSR count). The molecule has 0 atom stereocenters. The second-order valence-electron chi connectivity index (χ2n) is 0.439. The minimum absolute atomic E-state index is 0. The maximum atomic E-state index is 9.26. The van der Waals surface area contributed by atoms with Crippen LogP contribution in [0.25, 0.3) is 0 Å². The Kier molecular flexibility index (Phi) is 11.9. The Morgan fingerprint density at radius 3 is 1.67 bits per heavy atom. The molecule has 0 saturated heterocycles. The standard InChI is InChI=1S/CH4NO2S.Rb/c1-2-5(3)4;/h1H3,(H,2,3,4);/q-1;+1. The van der Waals surface area contributed by atoms with Crippen molar-refractivity contribution in [3.63, 3.8) is 0 Å². The van der Waals surface area contributed by atoms with Gasteiger partial charge < -0.3 is 13.1 Å². The van der Waals surface area contributed by atoms with Crippen LogP contribution in [0.15, 0.2) is 0 Å². The second-order valence-corrected chi connectivity index (χ2v) is 1.32. The summed E-state index contributed by atoms with van der Waals surface area (Å²) >= 11 is 0. The average molecular weight is 180 g/mol. The van der Waals surface area contributed by atoms with E-state index in [9.17, 15) is 8.42 Å². The minimum atomic E-state index is -2.07. The smallest absolute Gasteiger partial charge is 0.409 e. The zero-order chi connectivity index (χ0) is 4.28. The molecule has 0 radical (unpaired) electrons.